The van der Waals surface area contributed by atoms with Gasteiger partial charge in [-0.15, -0.1) is 0 Å². The molecule has 0 unspecified atom stereocenters. The van der Waals surface area contributed by atoms with Crippen LogP contribution in [0, 0.1) is 0 Å². The van der Waals surface area contributed by atoms with E-state index in [1.807, 2.05) is 0 Å². The van der Waals surface area contributed by atoms with E-state index < -0.39 is 11.2 Å². The van der Waals surface area contributed by atoms with Gasteiger partial charge in [-0.25, -0.2) is 4.79 Å². The van der Waals surface area contributed by atoms with Gasteiger partial charge in [0.1, 0.15) is 11.4 Å². The Kier molecular flexibility index (Phi) is 2.18. The van der Waals surface area contributed by atoms with Crippen LogP contribution in [-0.4, -0.2) is 29.4 Å². The Balaban J connectivity index is 2.84. The van der Waals surface area contributed by atoms with Gasteiger partial charge in [-0.2, -0.15) is 0 Å². The average molecular weight is 209 g/mol. The van der Waals surface area contributed by atoms with Crippen LogP contribution < -0.4 is 16.1 Å². The Bertz CT molecular complexity index is 514. The van der Waals surface area contributed by atoms with Crippen molar-refractivity contribution < 1.29 is 4.79 Å². The number of carbonyl (C=O) groups excluding carboxylic acids is 1. The molecule has 0 bridgehead atoms. The van der Waals surface area contributed by atoms with E-state index in [9.17, 15) is 14.4 Å². The van der Waals surface area contributed by atoms with Gasteiger partial charge >= 0.3 is 5.69 Å². The number of H-pyrrole nitrogens is 1. The van der Waals surface area contributed by atoms with E-state index in [1.165, 1.54) is 4.57 Å². The number of aromatic nitrogens is 2. The molecule has 6 nitrogen and oxygen atoms in total. The molecule has 0 saturated carbocycles. The molecule has 2 heterocycles. The maximum atomic E-state index is 11.5. The zero-order chi connectivity index (χ0) is 11.0. The first kappa shape index (κ1) is 9.70. The zero-order valence-electron chi connectivity index (χ0n) is 8.32. The number of hydrogen-bond donors (Lipinski definition) is 1. The number of nitrogens with zero attached hydrogens (tertiary/aromatic N) is 2. The van der Waals surface area contributed by atoms with E-state index in [1.54, 1.807) is 11.9 Å². The zero-order valence-corrected chi connectivity index (χ0v) is 8.32. The minimum atomic E-state index is -0.616. The molecule has 0 spiro atoms. The average Bonchev–Trinajstić information content (AvgIpc) is 2.20. The van der Waals surface area contributed by atoms with Gasteiger partial charge in [0.15, 0.2) is 6.29 Å². The predicted molar refractivity (Wildman–Crippen MR) is 54.6 cm³/mol. The SMILES string of the molecule is CN1CCCn2c1c(C=O)c(=O)[nH]c2=O. The molecule has 0 aromatic carbocycles. The maximum Gasteiger partial charge on any atom is 0.329 e. The van der Waals surface area contributed by atoms with Crippen molar-refractivity contribution in [1.29, 1.82) is 0 Å². The molecule has 6 heteroatoms. The normalized spacial score (nSPS) is 14.9. The number of fused-ring (bicyclic) bond motifs is 1. The van der Waals surface area contributed by atoms with E-state index in [-0.39, 0.29) is 5.56 Å². The number of aldehydes is 1. The third-order valence-electron chi connectivity index (χ3n) is 2.56. The van der Waals surface area contributed by atoms with Crippen molar-refractivity contribution >= 4 is 12.1 Å². The van der Waals surface area contributed by atoms with Crippen molar-refractivity contribution in [3.63, 3.8) is 0 Å². The fraction of sp³-hybridized carbons (Fsp3) is 0.444. The molecular formula is C9H11N3O3. The first-order chi connectivity index (χ1) is 7.15. The molecule has 0 amide bonds. The van der Waals surface area contributed by atoms with Crippen LogP contribution in [0.25, 0.3) is 0 Å². The molecule has 15 heavy (non-hydrogen) atoms. The summed E-state index contributed by atoms with van der Waals surface area (Å²) >= 11 is 0. The van der Waals surface area contributed by atoms with E-state index in [2.05, 4.69) is 4.98 Å². The molecule has 0 saturated heterocycles. The molecule has 1 aromatic heterocycles. The largest absolute Gasteiger partial charge is 0.360 e. The van der Waals surface area contributed by atoms with Gasteiger partial charge in [-0.1, -0.05) is 0 Å². The highest BCUT2D eigenvalue weighted by atomic mass is 16.2. The third-order valence-corrected chi connectivity index (χ3v) is 2.56. The predicted octanol–water partition coefficient (Wildman–Crippen LogP) is -0.811. The third kappa shape index (κ3) is 1.38. The van der Waals surface area contributed by atoms with Gasteiger partial charge < -0.3 is 4.90 Å². The second kappa shape index (κ2) is 3.38. The van der Waals surface area contributed by atoms with Gasteiger partial charge in [-0.05, 0) is 6.42 Å². The summed E-state index contributed by atoms with van der Waals surface area (Å²) in [5.41, 5.74) is -1.04. The van der Waals surface area contributed by atoms with E-state index in [0.29, 0.717) is 18.6 Å². The molecule has 0 radical (unpaired) electrons. The molecule has 1 aromatic rings. The van der Waals surface area contributed by atoms with Crippen molar-refractivity contribution in [2.24, 2.45) is 0 Å². The quantitative estimate of drug-likeness (QED) is 0.614. The van der Waals surface area contributed by atoms with Crippen molar-refractivity contribution in [3.05, 3.63) is 26.4 Å². The number of nitrogens with one attached hydrogen (secondary N) is 1. The minimum absolute atomic E-state index is 0.0248. The lowest BCUT2D eigenvalue weighted by Crippen LogP contribution is -2.41. The fourth-order valence-corrected chi connectivity index (χ4v) is 1.87. The number of hydrogen-bond acceptors (Lipinski definition) is 4. The van der Waals surface area contributed by atoms with Crippen LogP contribution in [0.5, 0.6) is 0 Å². The minimum Gasteiger partial charge on any atom is -0.360 e. The standard InChI is InChI=1S/C9H11N3O3/c1-11-3-2-4-12-8(11)6(5-13)7(14)10-9(12)15/h5H,2-4H2,1H3,(H,10,14,15). The van der Waals surface area contributed by atoms with E-state index >= 15 is 0 Å². The van der Waals surface area contributed by atoms with Crippen molar-refractivity contribution in [2.45, 2.75) is 13.0 Å². The smallest absolute Gasteiger partial charge is 0.329 e. The molecule has 0 atom stereocenters. The molecule has 80 valence electrons. The number of aromatic amines is 1. The maximum absolute atomic E-state index is 11.5. The van der Waals surface area contributed by atoms with E-state index in [0.717, 1.165) is 13.0 Å². The van der Waals surface area contributed by atoms with Gasteiger partial charge in [0, 0.05) is 20.1 Å². The van der Waals surface area contributed by atoms with Crippen LogP contribution in [0.2, 0.25) is 0 Å². The Morgan fingerprint density at radius 1 is 1.33 bits per heavy atom. The van der Waals surface area contributed by atoms with Crippen LogP contribution in [-0.2, 0) is 6.54 Å². The molecule has 1 aliphatic rings. The molecule has 1 aliphatic heterocycles. The lowest BCUT2D eigenvalue weighted by Gasteiger charge is -2.28. The van der Waals surface area contributed by atoms with Gasteiger partial charge in [-0.3, -0.25) is 19.1 Å². The number of anilines is 1. The van der Waals surface area contributed by atoms with Gasteiger partial charge in [0.05, 0.1) is 0 Å². The first-order valence-corrected chi connectivity index (χ1v) is 4.68. The van der Waals surface area contributed by atoms with Crippen molar-refractivity contribution in [1.82, 2.24) is 9.55 Å². The first-order valence-electron chi connectivity index (χ1n) is 4.68. The summed E-state index contributed by atoms with van der Waals surface area (Å²) in [5.74, 6) is 0.421. The Morgan fingerprint density at radius 2 is 2.07 bits per heavy atom. The fourth-order valence-electron chi connectivity index (χ4n) is 1.87. The summed E-state index contributed by atoms with van der Waals surface area (Å²) in [5, 5.41) is 0. The summed E-state index contributed by atoms with van der Waals surface area (Å²) in [6.45, 7) is 1.28. The Hall–Kier alpha value is -1.85. The monoisotopic (exact) mass is 209 g/mol. The van der Waals surface area contributed by atoms with Crippen molar-refractivity contribution in [2.75, 3.05) is 18.5 Å². The Morgan fingerprint density at radius 3 is 2.73 bits per heavy atom. The second-order valence-electron chi connectivity index (χ2n) is 3.54. The van der Waals surface area contributed by atoms with Crippen LogP contribution in [0.4, 0.5) is 5.82 Å². The van der Waals surface area contributed by atoms with E-state index in [4.69, 9.17) is 0 Å². The second-order valence-corrected chi connectivity index (χ2v) is 3.54. The van der Waals surface area contributed by atoms with Crippen molar-refractivity contribution in [3.8, 4) is 0 Å². The highest BCUT2D eigenvalue weighted by Crippen LogP contribution is 2.17. The molecule has 0 aliphatic carbocycles. The van der Waals surface area contributed by atoms with Crippen LogP contribution in [0.1, 0.15) is 16.8 Å². The summed E-state index contributed by atoms with van der Waals surface area (Å²) in [7, 11) is 1.76. The highest BCUT2D eigenvalue weighted by molar-refractivity contribution is 5.82. The molecule has 1 N–H and O–H groups in total. The number of rotatable bonds is 1. The molecule has 2 rings (SSSR count). The van der Waals surface area contributed by atoms with Crippen LogP contribution >= 0.6 is 0 Å². The lowest BCUT2D eigenvalue weighted by atomic mass is 10.2. The number of carbonyl (C=O) groups is 1. The Labute approximate surface area is 85.1 Å². The van der Waals surface area contributed by atoms with Gasteiger partial charge in [0.2, 0.25) is 0 Å². The summed E-state index contributed by atoms with van der Waals surface area (Å²) < 4.78 is 1.43. The van der Waals surface area contributed by atoms with Crippen LogP contribution in [0.3, 0.4) is 0 Å². The molecular weight excluding hydrogens is 198 g/mol. The molecule has 0 fully saturated rings. The lowest BCUT2D eigenvalue weighted by molar-refractivity contribution is 0.112. The highest BCUT2D eigenvalue weighted by Gasteiger charge is 2.20. The van der Waals surface area contributed by atoms with Crippen LogP contribution in [0.15, 0.2) is 9.59 Å². The topological polar surface area (TPSA) is 75.2 Å². The summed E-state index contributed by atoms with van der Waals surface area (Å²) in [4.78, 5) is 37.5. The summed E-state index contributed by atoms with van der Waals surface area (Å²) in [6.07, 6.45) is 1.32. The summed E-state index contributed by atoms with van der Waals surface area (Å²) in [6, 6.07) is 0. The van der Waals surface area contributed by atoms with Gasteiger partial charge in [0.25, 0.3) is 5.56 Å².